The summed E-state index contributed by atoms with van der Waals surface area (Å²) < 4.78 is 5.13. The molecule has 0 unspecified atom stereocenters. The Morgan fingerprint density at radius 1 is 1.29 bits per heavy atom. The second-order valence-electron chi connectivity index (χ2n) is 3.77. The Hall–Kier alpha value is -0.820. The molecule has 1 aromatic carbocycles. The highest BCUT2D eigenvalue weighted by Crippen LogP contribution is 2.11. The monoisotopic (exact) mass is 349 g/mol. The quantitative estimate of drug-likeness (QED) is 0.513. The minimum absolute atomic E-state index is 0. The first-order valence-corrected chi connectivity index (χ1v) is 5.18. The first kappa shape index (κ1) is 16.2. The molecular weight excluding hydrogens is 329 g/mol. The third kappa shape index (κ3) is 5.36. The van der Waals surface area contributed by atoms with Crippen molar-refractivity contribution in [3.63, 3.8) is 0 Å². The summed E-state index contributed by atoms with van der Waals surface area (Å²) in [6.45, 7) is 1.19. The number of methoxy groups -OCH3 is 1. The van der Waals surface area contributed by atoms with Crippen molar-refractivity contribution in [2.75, 3.05) is 21.2 Å². The summed E-state index contributed by atoms with van der Waals surface area (Å²) in [4.78, 5) is 6.09. The van der Waals surface area contributed by atoms with Gasteiger partial charge in [-0.3, -0.25) is 0 Å². The van der Waals surface area contributed by atoms with Crippen LogP contribution >= 0.6 is 24.0 Å². The van der Waals surface area contributed by atoms with Crippen molar-refractivity contribution in [2.24, 2.45) is 10.7 Å². The molecule has 2 N–H and O–H groups in total. The molecule has 0 heterocycles. The Kier molecular flexibility index (Phi) is 7.90. The molecule has 96 valence electrons. The molecule has 1 aromatic rings. The van der Waals surface area contributed by atoms with E-state index in [4.69, 9.17) is 10.5 Å². The van der Waals surface area contributed by atoms with Crippen LogP contribution in [0.3, 0.4) is 0 Å². The van der Waals surface area contributed by atoms with E-state index in [9.17, 15) is 0 Å². The van der Waals surface area contributed by atoms with Gasteiger partial charge in [-0.15, -0.1) is 24.0 Å². The van der Waals surface area contributed by atoms with Gasteiger partial charge in [0.05, 0.1) is 13.2 Å². The average molecular weight is 349 g/mol. The zero-order chi connectivity index (χ0) is 12.0. The van der Waals surface area contributed by atoms with E-state index in [1.165, 1.54) is 0 Å². The maximum Gasteiger partial charge on any atom is 0.191 e. The topological polar surface area (TPSA) is 50.9 Å². The van der Waals surface area contributed by atoms with E-state index in [1.54, 1.807) is 12.0 Å². The molecule has 0 aliphatic carbocycles. The van der Waals surface area contributed by atoms with E-state index >= 15 is 0 Å². The van der Waals surface area contributed by atoms with Crippen LogP contribution in [0.5, 0.6) is 0 Å². The Morgan fingerprint density at radius 3 is 2.41 bits per heavy atom. The normalized spacial score (nSPS) is 10.9. The summed E-state index contributed by atoms with van der Waals surface area (Å²) in [5.74, 6) is 0.534. The fourth-order valence-electron chi connectivity index (χ4n) is 1.32. The smallest absolute Gasteiger partial charge is 0.191 e. The van der Waals surface area contributed by atoms with Crippen molar-refractivity contribution in [3.8, 4) is 0 Å². The predicted molar refractivity (Wildman–Crippen MR) is 81.6 cm³/mol. The van der Waals surface area contributed by atoms with Gasteiger partial charge in [0, 0.05) is 21.2 Å². The lowest BCUT2D eigenvalue weighted by molar-refractivity contribution is 0.184. The molecule has 0 amide bonds. The predicted octanol–water partition coefficient (Wildman–Crippen LogP) is 1.83. The van der Waals surface area contributed by atoms with Crippen LogP contribution in [0.2, 0.25) is 0 Å². The van der Waals surface area contributed by atoms with Crippen molar-refractivity contribution in [3.05, 3.63) is 35.4 Å². The Bertz CT molecular complexity index is 367. The lowest BCUT2D eigenvalue weighted by Crippen LogP contribution is -2.30. The van der Waals surface area contributed by atoms with Crippen LogP contribution in [-0.2, 0) is 17.9 Å². The van der Waals surface area contributed by atoms with Crippen molar-refractivity contribution in [2.45, 2.75) is 13.2 Å². The third-order valence-corrected chi connectivity index (χ3v) is 2.29. The summed E-state index contributed by atoms with van der Waals surface area (Å²) in [5.41, 5.74) is 8.03. The van der Waals surface area contributed by atoms with Crippen LogP contribution in [-0.4, -0.2) is 32.1 Å². The Morgan fingerprint density at radius 2 is 1.88 bits per heavy atom. The van der Waals surface area contributed by atoms with Crippen molar-refractivity contribution in [1.29, 1.82) is 0 Å². The molecule has 0 saturated heterocycles. The lowest BCUT2D eigenvalue weighted by Gasteiger charge is -2.11. The van der Waals surface area contributed by atoms with Crippen molar-refractivity contribution in [1.82, 2.24) is 4.90 Å². The summed E-state index contributed by atoms with van der Waals surface area (Å²) >= 11 is 0. The number of nitrogens with zero attached hydrogens (tertiary/aromatic N) is 2. The minimum Gasteiger partial charge on any atom is -0.380 e. The number of aliphatic imine (C=N–C) groups is 1. The van der Waals surface area contributed by atoms with Gasteiger partial charge in [-0.25, -0.2) is 4.99 Å². The molecule has 0 radical (unpaired) electrons. The summed E-state index contributed by atoms with van der Waals surface area (Å²) in [6, 6.07) is 8.08. The van der Waals surface area contributed by atoms with E-state index in [2.05, 4.69) is 4.99 Å². The minimum atomic E-state index is 0. The van der Waals surface area contributed by atoms with Gasteiger partial charge in [-0.05, 0) is 11.1 Å². The molecule has 5 heteroatoms. The highest BCUT2D eigenvalue weighted by molar-refractivity contribution is 14.0. The van der Waals surface area contributed by atoms with Gasteiger partial charge in [0.15, 0.2) is 5.96 Å². The number of rotatable bonds is 4. The molecule has 0 spiro atoms. The molecule has 4 nitrogen and oxygen atoms in total. The lowest BCUT2D eigenvalue weighted by atomic mass is 10.1. The van der Waals surface area contributed by atoms with E-state index in [0.29, 0.717) is 19.1 Å². The number of nitrogens with two attached hydrogens (primary N) is 1. The van der Waals surface area contributed by atoms with E-state index < -0.39 is 0 Å². The van der Waals surface area contributed by atoms with Crippen LogP contribution in [0, 0.1) is 0 Å². The number of hydrogen-bond donors (Lipinski definition) is 1. The van der Waals surface area contributed by atoms with Gasteiger partial charge in [-0.1, -0.05) is 24.3 Å². The van der Waals surface area contributed by atoms with Crippen molar-refractivity contribution < 1.29 is 4.74 Å². The molecular formula is C12H20IN3O. The molecule has 0 aliphatic heterocycles. The largest absolute Gasteiger partial charge is 0.380 e. The molecule has 0 saturated carbocycles. The fraction of sp³-hybridized carbons (Fsp3) is 0.417. The molecule has 0 fully saturated rings. The summed E-state index contributed by atoms with van der Waals surface area (Å²) in [5, 5.41) is 0. The number of hydrogen-bond acceptors (Lipinski definition) is 2. The molecule has 17 heavy (non-hydrogen) atoms. The summed E-state index contributed by atoms with van der Waals surface area (Å²) in [7, 11) is 5.44. The molecule has 0 bridgehead atoms. The molecule has 0 aliphatic rings. The van der Waals surface area contributed by atoms with Gasteiger partial charge < -0.3 is 15.4 Å². The fourth-order valence-corrected chi connectivity index (χ4v) is 1.32. The zero-order valence-electron chi connectivity index (χ0n) is 10.5. The molecule has 1 rings (SSSR count). The molecule has 0 aromatic heterocycles. The zero-order valence-corrected chi connectivity index (χ0v) is 12.8. The van der Waals surface area contributed by atoms with Gasteiger partial charge in [0.25, 0.3) is 0 Å². The SMILES string of the molecule is COCc1ccccc1CN=C(N)N(C)C.I. The average Bonchev–Trinajstić information content (AvgIpc) is 2.27. The van der Waals surface area contributed by atoms with E-state index in [0.717, 1.165) is 11.1 Å². The van der Waals surface area contributed by atoms with E-state index in [-0.39, 0.29) is 24.0 Å². The highest BCUT2D eigenvalue weighted by Gasteiger charge is 2.01. The number of benzene rings is 1. The maximum atomic E-state index is 5.73. The second kappa shape index (κ2) is 8.30. The third-order valence-electron chi connectivity index (χ3n) is 2.29. The first-order chi connectivity index (χ1) is 7.65. The Balaban J connectivity index is 0.00000256. The van der Waals surface area contributed by atoms with Crippen LogP contribution in [0.15, 0.2) is 29.3 Å². The van der Waals surface area contributed by atoms with Crippen LogP contribution in [0.25, 0.3) is 0 Å². The highest BCUT2D eigenvalue weighted by atomic mass is 127. The second-order valence-corrected chi connectivity index (χ2v) is 3.77. The number of ether oxygens (including phenoxy) is 1. The van der Waals surface area contributed by atoms with Gasteiger partial charge in [0.2, 0.25) is 0 Å². The molecule has 0 atom stereocenters. The first-order valence-electron chi connectivity index (χ1n) is 5.18. The number of guanidine groups is 1. The maximum absolute atomic E-state index is 5.73. The van der Waals surface area contributed by atoms with Gasteiger partial charge in [0.1, 0.15) is 0 Å². The van der Waals surface area contributed by atoms with Gasteiger partial charge >= 0.3 is 0 Å². The van der Waals surface area contributed by atoms with E-state index in [1.807, 2.05) is 38.4 Å². The van der Waals surface area contributed by atoms with Crippen LogP contribution in [0.1, 0.15) is 11.1 Å². The van der Waals surface area contributed by atoms with Crippen LogP contribution < -0.4 is 5.73 Å². The summed E-state index contributed by atoms with van der Waals surface area (Å²) in [6.07, 6.45) is 0. The standard InChI is InChI=1S/C12H19N3O.HI/c1-15(2)12(13)14-8-10-6-4-5-7-11(10)9-16-3;/h4-7H,8-9H2,1-3H3,(H2,13,14);1H. The van der Waals surface area contributed by atoms with Crippen LogP contribution in [0.4, 0.5) is 0 Å². The Labute approximate surface area is 120 Å². The van der Waals surface area contributed by atoms with Gasteiger partial charge in [-0.2, -0.15) is 0 Å². The van der Waals surface area contributed by atoms with Crippen molar-refractivity contribution >= 4 is 29.9 Å². The number of halogens is 1.